The minimum Gasteiger partial charge on any atom is -0.478 e. The molecule has 0 atom stereocenters. The molecular weight excluding hydrogens is 214 g/mol. The van der Waals surface area contributed by atoms with Crippen molar-refractivity contribution in [3.8, 4) is 0 Å². The van der Waals surface area contributed by atoms with Crippen molar-refractivity contribution in [1.29, 1.82) is 0 Å². The zero-order valence-corrected chi connectivity index (χ0v) is 10.6. The monoisotopic (exact) mass is 231 g/mol. The van der Waals surface area contributed by atoms with Crippen LogP contribution in [0.2, 0.25) is 0 Å². The minimum absolute atomic E-state index is 0.192. The van der Waals surface area contributed by atoms with Crippen molar-refractivity contribution in [3.63, 3.8) is 0 Å². The van der Waals surface area contributed by atoms with E-state index in [0.29, 0.717) is 5.56 Å². The summed E-state index contributed by atoms with van der Waals surface area (Å²) < 4.78 is 2.01. The molecule has 0 saturated carbocycles. The zero-order valence-electron chi connectivity index (χ0n) is 10.6. The minimum atomic E-state index is -0.843. The Morgan fingerprint density at radius 2 is 2.00 bits per heavy atom. The molecule has 1 aromatic heterocycles. The second kappa shape index (κ2) is 3.91. The summed E-state index contributed by atoms with van der Waals surface area (Å²) in [6.45, 7) is 6.06. The Morgan fingerprint density at radius 1 is 1.35 bits per heavy atom. The van der Waals surface area contributed by atoms with Gasteiger partial charge in [0.15, 0.2) is 0 Å². The molecule has 0 aliphatic carbocycles. The van der Waals surface area contributed by atoms with Gasteiger partial charge < -0.3 is 9.67 Å². The smallest absolute Gasteiger partial charge is 0.338 e. The largest absolute Gasteiger partial charge is 0.478 e. The first-order chi connectivity index (χ1) is 7.95. The van der Waals surface area contributed by atoms with Crippen LogP contribution in [0.4, 0.5) is 0 Å². The molecule has 0 spiro atoms. The van der Waals surface area contributed by atoms with E-state index in [0.717, 1.165) is 22.2 Å². The molecule has 0 saturated heterocycles. The van der Waals surface area contributed by atoms with Crippen molar-refractivity contribution in [2.24, 2.45) is 7.05 Å². The Morgan fingerprint density at radius 3 is 2.53 bits per heavy atom. The highest BCUT2D eigenvalue weighted by Gasteiger charge is 2.22. The molecule has 0 radical (unpaired) electrons. The first kappa shape index (κ1) is 11.7. The van der Waals surface area contributed by atoms with Crippen molar-refractivity contribution in [1.82, 2.24) is 4.57 Å². The molecule has 1 heterocycles. The van der Waals surface area contributed by atoms with Crippen LogP contribution in [0, 0.1) is 6.92 Å². The van der Waals surface area contributed by atoms with Gasteiger partial charge in [-0.15, -0.1) is 0 Å². The van der Waals surface area contributed by atoms with E-state index in [-0.39, 0.29) is 5.92 Å². The molecule has 1 N–H and O–H groups in total. The van der Waals surface area contributed by atoms with E-state index in [1.54, 1.807) is 0 Å². The van der Waals surface area contributed by atoms with Crippen LogP contribution in [0.15, 0.2) is 18.2 Å². The van der Waals surface area contributed by atoms with Crippen molar-refractivity contribution in [2.45, 2.75) is 26.7 Å². The van der Waals surface area contributed by atoms with E-state index in [4.69, 9.17) is 0 Å². The Labute approximate surface area is 101 Å². The van der Waals surface area contributed by atoms with Crippen LogP contribution in [0.5, 0.6) is 0 Å². The number of carboxylic acids is 1. The van der Waals surface area contributed by atoms with Gasteiger partial charge in [-0.05, 0) is 18.4 Å². The summed E-state index contributed by atoms with van der Waals surface area (Å²) in [7, 11) is 1.94. The molecule has 0 unspecified atom stereocenters. The Kier molecular flexibility index (Phi) is 2.69. The molecule has 2 aromatic rings. The molecule has 3 heteroatoms. The number of rotatable bonds is 2. The van der Waals surface area contributed by atoms with Gasteiger partial charge in [-0.25, -0.2) is 4.79 Å². The number of fused-ring (bicyclic) bond motifs is 1. The first-order valence-electron chi connectivity index (χ1n) is 5.76. The molecule has 3 nitrogen and oxygen atoms in total. The SMILES string of the molecule is Cc1cccc2c(C(=O)O)c(C(C)C)n(C)c12. The summed E-state index contributed by atoms with van der Waals surface area (Å²) in [5.74, 6) is -0.650. The van der Waals surface area contributed by atoms with Gasteiger partial charge in [0.2, 0.25) is 0 Å². The van der Waals surface area contributed by atoms with E-state index >= 15 is 0 Å². The normalized spacial score (nSPS) is 11.4. The van der Waals surface area contributed by atoms with Crippen LogP contribution in [0.3, 0.4) is 0 Å². The molecule has 0 fully saturated rings. The van der Waals surface area contributed by atoms with Crippen LogP contribution in [-0.4, -0.2) is 15.6 Å². The molecule has 2 rings (SSSR count). The second-order valence-corrected chi connectivity index (χ2v) is 4.75. The number of hydrogen-bond acceptors (Lipinski definition) is 1. The van der Waals surface area contributed by atoms with Crippen molar-refractivity contribution in [2.75, 3.05) is 0 Å². The van der Waals surface area contributed by atoms with Crippen LogP contribution in [0.1, 0.15) is 41.4 Å². The topological polar surface area (TPSA) is 42.2 Å². The van der Waals surface area contributed by atoms with Crippen LogP contribution < -0.4 is 0 Å². The van der Waals surface area contributed by atoms with E-state index < -0.39 is 5.97 Å². The summed E-state index contributed by atoms with van der Waals surface area (Å²) in [5, 5.41) is 10.2. The second-order valence-electron chi connectivity index (χ2n) is 4.75. The van der Waals surface area contributed by atoms with Crippen LogP contribution >= 0.6 is 0 Å². The third-order valence-electron chi connectivity index (χ3n) is 3.22. The van der Waals surface area contributed by atoms with Gasteiger partial charge >= 0.3 is 5.97 Å². The lowest BCUT2D eigenvalue weighted by atomic mass is 10.0. The molecule has 0 bridgehead atoms. The standard InChI is InChI=1S/C14H17NO2/c1-8(2)12-11(14(16)17)10-7-5-6-9(3)13(10)15(12)4/h5-8H,1-4H3,(H,16,17). The number of aromatic carboxylic acids is 1. The lowest BCUT2D eigenvalue weighted by Crippen LogP contribution is -2.05. The predicted molar refractivity (Wildman–Crippen MR) is 68.7 cm³/mol. The van der Waals surface area contributed by atoms with E-state index in [1.807, 2.05) is 50.6 Å². The number of aryl methyl sites for hydroxylation is 2. The number of carboxylic acid groups (broad SMARTS) is 1. The lowest BCUT2D eigenvalue weighted by molar-refractivity contribution is 0.0697. The number of carbonyl (C=O) groups is 1. The molecule has 17 heavy (non-hydrogen) atoms. The summed E-state index contributed by atoms with van der Waals surface area (Å²) in [5.41, 5.74) is 3.47. The summed E-state index contributed by atoms with van der Waals surface area (Å²) >= 11 is 0. The Bertz CT molecular complexity index is 594. The maximum atomic E-state index is 11.5. The highest BCUT2D eigenvalue weighted by molar-refractivity contribution is 6.06. The Hall–Kier alpha value is -1.77. The number of para-hydroxylation sites is 1. The summed E-state index contributed by atoms with van der Waals surface area (Å²) in [6.07, 6.45) is 0. The van der Waals surface area contributed by atoms with Crippen LogP contribution in [0.25, 0.3) is 10.9 Å². The molecule has 0 aliphatic rings. The summed E-state index contributed by atoms with van der Waals surface area (Å²) in [4.78, 5) is 11.5. The Balaban J connectivity index is 2.98. The average Bonchev–Trinajstić information content (AvgIpc) is 2.53. The van der Waals surface area contributed by atoms with Gasteiger partial charge in [-0.2, -0.15) is 0 Å². The highest BCUT2D eigenvalue weighted by Crippen LogP contribution is 2.31. The van der Waals surface area contributed by atoms with Gasteiger partial charge in [-0.3, -0.25) is 0 Å². The van der Waals surface area contributed by atoms with Crippen molar-refractivity contribution >= 4 is 16.9 Å². The highest BCUT2D eigenvalue weighted by atomic mass is 16.4. The molecule has 90 valence electrons. The van der Waals surface area contributed by atoms with Gasteiger partial charge in [0.05, 0.1) is 11.1 Å². The lowest BCUT2D eigenvalue weighted by Gasteiger charge is -2.09. The third kappa shape index (κ3) is 1.62. The fourth-order valence-electron chi connectivity index (χ4n) is 2.63. The molecule has 0 amide bonds. The third-order valence-corrected chi connectivity index (χ3v) is 3.22. The molecule has 0 aliphatic heterocycles. The first-order valence-corrected chi connectivity index (χ1v) is 5.76. The number of aromatic nitrogens is 1. The maximum Gasteiger partial charge on any atom is 0.338 e. The fraction of sp³-hybridized carbons (Fsp3) is 0.357. The zero-order chi connectivity index (χ0) is 12.7. The number of hydrogen-bond donors (Lipinski definition) is 1. The van der Waals surface area contributed by atoms with Crippen LogP contribution in [-0.2, 0) is 7.05 Å². The average molecular weight is 231 g/mol. The quantitative estimate of drug-likeness (QED) is 0.861. The van der Waals surface area contributed by atoms with Gasteiger partial charge in [0, 0.05) is 18.1 Å². The predicted octanol–water partition coefficient (Wildman–Crippen LogP) is 3.31. The molecule has 1 aromatic carbocycles. The fourth-order valence-corrected chi connectivity index (χ4v) is 2.63. The van der Waals surface area contributed by atoms with E-state index in [9.17, 15) is 9.90 Å². The number of nitrogens with zero attached hydrogens (tertiary/aromatic N) is 1. The van der Waals surface area contributed by atoms with Crippen molar-refractivity contribution < 1.29 is 9.90 Å². The van der Waals surface area contributed by atoms with E-state index in [1.165, 1.54) is 0 Å². The van der Waals surface area contributed by atoms with E-state index in [2.05, 4.69) is 0 Å². The van der Waals surface area contributed by atoms with Gasteiger partial charge in [0.1, 0.15) is 0 Å². The maximum absolute atomic E-state index is 11.5. The summed E-state index contributed by atoms with van der Waals surface area (Å²) in [6, 6.07) is 5.81. The number of benzene rings is 1. The molecular formula is C14H17NO2. The van der Waals surface area contributed by atoms with Crippen molar-refractivity contribution in [3.05, 3.63) is 35.0 Å². The van der Waals surface area contributed by atoms with Gasteiger partial charge in [-0.1, -0.05) is 32.0 Å². The van der Waals surface area contributed by atoms with Gasteiger partial charge in [0.25, 0.3) is 0 Å².